The highest BCUT2D eigenvalue weighted by atomic mass is 32.1. The number of benzene rings is 1. The molecule has 0 saturated heterocycles. The van der Waals surface area contributed by atoms with Gasteiger partial charge in [0.05, 0.1) is 13.7 Å². The number of amides is 1. The molecule has 1 N–H and O–H groups in total. The molecule has 0 bridgehead atoms. The maximum Gasteiger partial charge on any atom is 0.220 e. The Hall–Kier alpha value is -2.01. The Balaban J connectivity index is 1.39. The number of fused-ring (bicyclic) bond motifs is 1. The van der Waals surface area contributed by atoms with Gasteiger partial charge in [-0.3, -0.25) is 4.79 Å². The minimum atomic E-state index is 0.132. The summed E-state index contributed by atoms with van der Waals surface area (Å²) in [5, 5.41) is 5.12. The van der Waals surface area contributed by atoms with Gasteiger partial charge in [-0.05, 0) is 42.3 Å². The van der Waals surface area contributed by atoms with Crippen LogP contribution in [-0.4, -0.2) is 26.2 Å². The van der Waals surface area contributed by atoms with E-state index >= 15 is 0 Å². The highest BCUT2D eigenvalue weighted by Gasteiger charge is 2.20. The van der Waals surface area contributed by atoms with E-state index in [2.05, 4.69) is 22.8 Å². The number of carbonyl (C=O) groups is 1. The number of hydrogen-bond acceptors (Lipinski definition) is 4. The molecule has 0 spiro atoms. The first-order valence-corrected chi connectivity index (χ1v) is 9.21. The lowest BCUT2D eigenvalue weighted by Gasteiger charge is -2.25. The van der Waals surface area contributed by atoms with Crippen molar-refractivity contribution in [2.45, 2.75) is 25.7 Å². The number of hydrogen-bond donors (Lipinski definition) is 1. The average Bonchev–Trinajstić information content (AvgIpc) is 3.12. The van der Waals surface area contributed by atoms with Gasteiger partial charge < -0.3 is 14.8 Å². The smallest absolute Gasteiger partial charge is 0.220 e. The minimum absolute atomic E-state index is 0.132. The molecule has 1 aromatic carbocycles. The average molecular weight is 345 g/mol. The van der Waals surface area contributed by atoms with Crippen molar-refractivity contribution in [3.8, 4) is 11.5 Å². The third kappa shape index (κ3) is 4.51. The number of nitrogens with one attached hydrogen (secondary N) is 1. The molecule has 3 rings (SSSR count). The Kier molecular flexibility index (Phi) is 5.75. The molecule has 0 aliphatic carbocycles. The zero-order valence-corrected chi connectivity index (χ0v) is 14.7. The van der Waals surface area contributed by atoms with E-state index < -0.39 is 0 Å². The number of methoxy groups -OCH3 is 1. The molecule has 128 valence electrons. The Morgan fingerprint density at radius 3 is 3.12 bits per heavy atom. The highest BCUT2D eigenvalue weighted by Crippen LogP contribution is 2.30. The second kappa shape index (κ2) is 8.20. The summed E-state index contributed by atoms with van der Waals surface area (Å²) in [5.74, 6) is 2.17. The quantitative estimate of drug-likeness (QED) is 0.836. The summed E-state index contributed by atoms with van der Waals surface area (Å²) < 4.78 is 11.0. The van der Waals surface area contributed by atoms with Crippen LogP contribution in [0.1, 0.15) is 23.3 Å². The highest BCUT2D eigenvalue weighted by molar-refractivity contribution is 7.09. The summed E-state index contributed by atoms with van der Waals surface area (Å²) in [5.41, 5.74) is 1.18. The molecule has 2 aromatic rings. The van der Waals surface area contributed by atoms with Gasteiger partial charge in [-0.25, -0.2) is 0 Å². The number of carbonyl (C=O) groups excluding carboxylic acids is 1. The summed E-state index contributed by atoms with van der Waals surface area (Å²) >= 11 is 1.75. The molecular formula is C19H23NO3S. The number of ether oxygens (including phenoxy) is 2. The summed E-state index contributed by atoms with van der Waals surface area (Å²) in [4.78, 5) is 13.3. The second-order valence-corrected chi connectivity index (χ2v) is 7.12. The van der Waals surface area contributed by atoms with Crippen LogP contribution in [0.15, 0.2) is 35.7 Å². The summed E-state index contributed by atoms with van der Waals surface area (Å²) in [6.45, 7) is 1.30. The normalized spacial score (nSPS) is 16.1. The van der Waals surface area contributed by atoms with E-state index in [1.807, 2.05) is 18.2 Å². The van der Waals surface area contributed by atoms with Gasteiger partial charge >= 0.3 is 0 Å². The summed E-state index contributed by atoms with van der Waals surface area (Å²) in [6.07, 6.45) is 3.39. The molecule has 4 nitrogen and oxygen atoms in total. The molecule has 0 saturated carbocycles. The van der Waals surface area contributed by atoms with Crippen LogP contribution in [0.3, 0.4) is 0 Å². The Morgan fingerprint density at radius 2 is 2.33 bits per heavy atom. The van der Waals surface area contributed by atoms with Crippen molar-refractivity contribution < 1.29 is 14.3 Å². The molecule has 1 aliphatic heterocycles. The van der Waals surface area contributed by atoms with Crippen molar-refractivity contribution >= 4 is 17.2 Å². The van der Waals surface area contributed by atoms with Crippen LogP contribution in [0.25, 0.3) is 0 Å². The molecule has 1 amide bonds. The molecule has 5 heteroatoms. The maximum atomic E-state index is 12.0. The monoisotopic (exact) mass is 345 g/mol. The van der Waals surface area contributed by atoms with Crippen LogP contribution >= 0.6 is 11.3 Å². The fraction of sp³-hybridized carbons (Fsp3) is 0.421. The van der Waals surface area contributed by atoms with Crippen LogP contribution in [0.5, 0.6) is 11.5 Å². The van der Waals surface area contributed by atoms with E-state index in [0.29, 0.717) is 25.5 Å². The van der Waals surface area contributed by atoms with Crippen LogP contribution < -0.4 is 14.8 Å². The lowest BCUT2D eigenvalue weighted by molar-refractivity contribution is -0.121. The molecule has 1 atom stereocenters. The number of aryl methyl sites for hydroxylation is 1. The fourth-order valence-corrected chi connectivity index (χ4v) is 3.65. The molecule has 1 aromatic heterocycles. The Labute approximate surface area is 146 Å². The predicted octanol–water partition coefficient (Wildman–Crippen LogP) is 3.45. The fourth-order valence-electron chi connectivity index (χ4n) is 2.90. The first-order valence-electron chi connectivity index (χ1n) is 8.33. The molecule has 0 radical (unpaired) electrons. The largest absolute Gasteiger partial charge is 0.497 e. The van der Waals surface area contributed by atoms with Crippen molar-refractivity contribution in [3.63, 3.8) is 0 Å². The van der Waals surface area contributed by atoms with Gasteiger partial charge in [0.1, 0.15) is 11.5 Å². The van der Waals surface area contributed by atoms with Gasteiger partial charge in [0, 0.05) is 29.8 Å². The lowest BCUT2D eigenvalue weighted by atomic mass is 9.96. The zero-order valence-electron chi connectivity index (χ0n) is 13.9. The third-order valence-corrected chi connectivity index (χ3v) is 5.19. The van der Waals surface area contributed by atoms with Crippen molar-refractivity contribution in [2.24, 2.45) is 5.92 Å². The van der Waals surface area contributed by atoms with E-state index in [-0.39, 0.29) is 5.91 Å². The van der Waals surface area contributed by atoms with E-state index in [9.17, 15) is 4.79 Å². The van der Waals surface area contributed by atoms with E-state index in [1.165, 1.54) is 10.4 Å². The standard InChI is InChI=1S/C19H23NO3S/c1-22-16-8-7-15-10-14(13-23-18(15)11-16)12-20-19(21)6-2-4-17-5-3-9-24-17/h3,5,7-9,11,14H,2,4,6,10,12-13H2,1H3,(H,20,21)/t14-/m1/s1. The van der Waals surface area contributed by atoms with Gasteiger partial charge in [0.25, 0.3) is 0 Å². The van der Waals surface area contributed by atoms with Gasteiger partial charge in [-0.1, -0.05) is 12.1 Å². The van der Waals surface area contributed by atoms with E-state index in [1.54, 1.807) is 18.4 Å². The molecule has 0 unspecified atom stereocenters. The SMILES string of the molecule is COc1ccc2c(c1)OC[C@@H](CNC(=O)CCCc1cccs1)C2. The van der Waals surface area contributed by atoms with Crippen molar-refractivity contribution in [1.82, 2.24) is 5.32 Å². The van der Waals surface area contributed by atoms with Crippen LogP contribution in [0.2, 0.25) is 0 Å². The van der Waals surface area contributed by atoms with Gasteiger partial charge in [0.2, 0.25) is 5.91 Å². The number of rotatable bonds is 7. The maximum absolute atomic E-state index is 12.0. The van der Waals surface area contributed by atoms with Crippen LogP contribution in [0.4, 0.5) is 0 Å². The van der Waals surface area contributed by atoms with Crippen LogP contribution in [0, 0.1) is 5.92 Å². The second-order valence-electron chi connectivity index (χ2n) is 6.09. The predicted molar refractivity (Wildman–Crippen MR) is 95.9 cm³/mol. The van der Waals surface area contributed by atoms with Crippen LogP contribution in [-0.2, 0) is 17.6 Å². The Bertz CT molecular complexity index is 669. The molecule has 2 heterocycles. The summed E-state index contributed by atoms with van der Waals surface area (Å²) in [6, 6.07) is 10.1. The molecule has 24 heavy (non-hydrogen) atoms. The van der Waals surface area contributed by atoms with Gasteiger partial charge in [-0.15, -0.1) is 11.3 Å². The first kappa shape index (κ1) is 16.8. The van der Waals surface area contributed by atoms with Gasteiger partial charge in [-0.2, -0.15) is 0 Å². The zero-order chi connectivity index (χ0) is 16.8. The molecule has 0 fully saturated rings. The summed E-state index contributed by atoms with van der Waals surface area (Å²) in [7, 11) is 1.65. The van der Waals surface area contributed by atoms with E-state index in [4.69, 9.17) is 9.47 Å². The number of thiophene rings is 1. The third-order valence-electron chi connectivity index (χ3n) is 4.25. The lowest BCUT2D eigenvalue weighted by Crippen LogP contribution is -2.34. The van der Waals surface area contributed by atoms with Gasteiger partial charge in [0.15, 0.2) is 0 Å². The molecule has 1 aliphatic rings. The molecular weight excluding hydrogens is 322 g/mol. The van der Waals surface area contributed by atoms with Crippen molar-refractivity contribution in [3.05, 3.63) is 46.2 Å². The minimum Gasteiger partial charge on any atom is -0.497 e. The first-order chi connectivity index (χ1) is 11.7. The topological polar surface area (TPSA) is 47.6 Å². The Morgan fingerprint density at radius 1 is 1.42 bits per heavy atom. The van der Waals surface area contributed by atoms with Crippen molar-refractivity contribution in [1.29, 1.82) is 0 Å². The van der Waals surface area contributed by atoms with Crippen molar-refractivity contribution in [2.75, 3.05) is 20.3 Å². The van der Waals surface area contributed by atoms with E-state index in [0.717, 1.165) is 30.8 Å².